The van der Waals surface area contributed by atoms with Crippen LogP contribution in [0.25, 0.3) is 0 Å². The Kier molecular flexibility index (Phi) is 6.23. The lowest BCUT2D eigenvalue weighted by molar-refractivity contribution is 0.0947. The number of hydrogen-bond acceptors (Lipinski definition) is 5. The molecule has 9 heteroatoms. The predicted octanol–water partition coefficient (Wildman–Crippen LogP) is 1.88. The van der Waals surface area contributed by atoms with E-state index in [-0.39, 0.29) is 10.6 Å². The molecule has 0 radical (unpaired) electrons. The van der Waals surface area contributed by atoms with Crippen molar-refractivity contribution in [2.45, 2.75) is 32.0 Å². The first-order chi connectivity index (χ1) is 12.9. The third-order valence-electron chi connectivity index (χ3n) is 4.42. The molecule has 1 saturated heterocycles. The number of thioether (sulfide) groups is 1. The van der Waals surface area contributed by atoms with Crippen LogP contribution in [0.3, 0.4) is 0 Å². The predicted molar refractivity (Wildman–Crippen MR) is 106 cm³/mol. The maximum atomic E-state index is 13.0. The molecule has 0 unspecified atom stereocenters. The smallest absolute Gasteiger partial charge is 0.263 e. The minimum atomic E-state index is -3.79. The van der Waals surface area contributed by atoms with Crippen molar-refractivity contribution in [2.75, 3.05) is 24.6 Å². The van der Waals surface area contributed by atoms with Gasteiger partial charge in [0.05, 0.1) is 5.56 Å². The molecule has 1 fully saturated rings. The molecule has 2 aromatic rings. The van der Waals surface area contributed by atoms with E-state index in [0.717, 1.165) is 22.6 Å². The second-order valence-corrected chi connectivity index (χ2v) is 9.47. The number of aromatic nitrogens is 2. The van der Waals surface area contributed by atoms with Crippen LogP contribution in [-0.4, -0.2) is 53.0 Å². The van der Waals surface area contributed by atoms with Crippen LogP contribution in [0.2, 0.25) is 0 Å². The Balaban J connectivity index is 1.82. The summed E-state index contributed by atoms with van der Waals surface area (Å²) in [5, 5.41) is 6.84. The van der Waals surface area contributed by atoms with Gasteiger partial charge in [0.1, 0.15) is 0 Å². The van der Waals surface area contributed by atoms with Gasteiger partial charge in [-0.2, -0.15) is 21.2 Å². The van der Waals surface area contributed by atoms with Gasteiger partial charge in [-0.05, 0) is 19.4 Å². The van der Waals surface area contributed by atoms with Crippen molar-refractivity contribution in [1.29, 1.82) is 0 Å². The van der Waals surface area contributed by atoms with Crippen LogP contribution < -0.4 is 5.32 Å². The van der Waals surface area contributed by atoms with Crippen molar-refractivity contribution in [2.24, 2.45) is 0 Å². The first-order valence-corrected chi connectivity index (χ1v) is 11.5. The molecule has 1 N–H and O–H groups in total. The lowest BCUT2D eigenvalue weighted by atomic mass is 10.1. The Bertz CT molecular complexity index is 901. The Morgan fingerprint density at radius 1 is 1.22 bits per heavy atom. The van der Waals surface area contributed by atoms with Crippen molar-refractivity contribution in [1.82, 2.24) is 19.4 Å². The molecule has 7 nitrogen and oxygen atoms in total. The molecule has 1 aromatic carbocycles. The number of benzene rings is 1. The molecule has 1 aromatic heterocycles. The molecule has 1 aliphatic rings. The first kappa shape index (κ1) is 19.9. The molecule has 0 spiro atoms. The lowest BCUT2D eigenvalue weighted by Gasteiger charge is -2.24. The number of aryl methyl sites for hydroxylation is 2. The molecule has 0 bridgehead atoms. The maximum Gasteiger partial charge on any atom is 0.263 e. The van der Waals surface area contributed by atoms with E-state index in [4.69, 9.17) is 0 Å². The number of carbonyl (C=O) groups is 1. The second-order valence-electron chi connectivity index (χ2n) is 6.39. The van der Waals surface area contributed by atoms with Crippen LogP contribution in [0.15, 0.2) is 35.5 Å². The quantitative estimate of drug-likeness (QED) is 0.789. The zero-order chi connectivity index (χ0) is 19.4. The molecule has 146 valence electrons. The van der Waals surface area contributed by atoms with E-state index in [1.165, 1.54) is 15.2 Å². The van der Waals surface area contributed by atoms with E-state index in [1.54, 1.807) is 11.8 Å². The molecule has 1 amide bonds. The number of carbonyl (C=O) groups excluding carboxylic acids is 1. The molecule has 0 aliphatic carbocycles. The molecule has 1 aliphatic heterocycles. The highest BCUT2D eigenvalue weighted by Gasteiger charge is 2.33. The van der Waals surface area contributed by atoms with Crippen LogP contribution in [0, 0.1) is 6.92 Å². The Morgan fingerprint density at radius 3 is 2.52 bits per heavy atom. The van der Waals surface area contributed by atoms with Crippen LogP contribution in [0.5, 0.6) is 0 Å². The summed E-state index contributed by atoms with van der Waals surface area (Å²) in [5.41, 5.74) is 2.19. The molecular formula is C18H24N4O3S2. The van der Waals surface area contributed by atoms with Crippen molar-refractivity contribution >= 4 is 27.7 Å². The van der Waals surface area contributed by atoms with E-state index in [2.05, 4.69) is 10.4 Å². The number of sulfonamides is 1. The minimum Gasteiger partial charge on any atom is -0.348 e. The zero-order valence-corrected chi connectivity index (χ0v) is 17.1. The standard InChI is InChI=1S/C18H24N4O3S2/c1-3-21-13-16(17(23)19-12-15-6-4-14(2)5-7-15)18(20-21)27(24,25)22-8-10-26-11-9-22/h4-7,13H,3,8-12H2,1-2H3,(H,19,23). The summed E-state index contributed by atoms with van der Waals surface area (Å²) in [6.07, 6.45) is 1.51. The first-order valence-electron chi connectivity index (χ1n) is 8.91. The average Bonchev–Trinajstić information content (AvgIpc) is 3.13. The molecule has 27 heavy (non-hydrogen) atoms. The van der Waals surface area contributed by atoms with Crippen molar-refractivity contribution in [3.63, 3.8) is 0 Å². The van der Waals surface area contributed by atoms with Crippen LogP contribution in [0.4, 0.5) is 0 Å². The van der Waals surface area contributed by atoms with E-state index >= 15 is 0 Å². The van der Waals surface area contributed by atoms with Gasteiger partial charge in [-0.1, -0.05) is 29.8 Å². The topological polar surface area (TPSA) is 84.3 Å². The fraction of sp³-hybridized carbons (Fsp3) is 0.444. The van der Waals surface area contributed by atoms with Gasteiger partial charge in [-0.3, -0.25) is 9.48 Å². The zero-order valence-electron chi connectivity index (χ0n) is 15.5. The van der Waals surface area contributed by atoms with Gasteiger partial charge in [0, 0.05) is 43.9 Å². The summed E-state index contributed by atoms with van der Waals surface area (Å²) in [7, 11) is -3.79. The van der Waals surface area contributed by atoms with Crippen molar-refractivity contribution < 1.29 is 13.2 Å². The minimum absolute atomic E-state index is 0.0992. The third kappa shape index (κ3) is 4.53. The third-order valence-corrected chi connectivity index (χ3v) is 7.20. The number of amides is 1. The van der Waals surface area contributed by atoms with Gasteiger partial charge >= 0.3 is 0 Å². The molecule has 2 heterocycles. The Morgan fingerprint density at radius 2 is 1.89 bits per heavy atom. The van der Waals surface area contributed by atoms with Gasteiger partial charge in [0.2, 0.25) is 5.03 Å². The molecule has 0 saturated carbocycles. The highest BCUT2D eigenvalue weighted by Crippen LogP contribution is 2.22. The van der Waals surface area contributed by atoms with Crippen LogP contribution >= 0.6 is 11.8 Å². The van der Waals surface area contributed by atoms with E-state index in [0.29, 0.717) is 26.2 Å². The number of hydrogen-bond donors (Lipinski definition) is 1. The van der Waals surface area contributed by atoms with Gasteiger partial charge in [-0.15, -0.1) is 0 Å². The summed E-state index contributed by atoms with van der Waals surface area (Å²) >= 11 is 1.73. The summed E-state index contributed by atoms with van der Waals surface area (Å²) in [5.74, 6) is 1.07. The van der Waals surface area contributed by atoms with Crippen molar-refractivity contribution in [3.05, 3.63) is 47.2 Å². The highest BCUT2D eigenvalue weighted by molar-refractivity contribution is 7.99. The Labute approximate surface area is 164 Å². The number of nitrogens with zero attached hydrogens (tertiary/aromatic N) is 3. The fourth-order valence-electron chi connectivity index (χ4n) is 2.80. The van der Waals surface area contributed by atoms with Crippen molar-refractivity contribution in [3.8, 4) is 0 Å². The average molecular weight is 409 g/mol. The maximum absolute atomic E-state index is 13.0. The SMILES string of the molecule is CCn1cc(C(=O)NCc2ccc(C)cc2)c(S(=O)(=O)N2CCSCC2)n1. The largest absolute Gasteiger partial charge is 0.348 e. The van der Waals surface area contributed by atoms with Gasteiger partial charge in [0.15, 0.2) is 0 Å². The van der Waals surface area contributed by atoms with E-state index in [9.17, 15) is 13.2 Å². The highest BCUT2D eigenvalue weighted by atomic mass is 32.2. The van der Waals surface area contributed by atoms with E-state index in [1.807, 2.05) is 38.1 Å². The van der Waals surface area contributed by atoms with Crippen LogP contribution in [-0.2, 0) is 23.1 Å². The van der Waals surface area contributed by atoms with Crippen LogP contribution in [0.1, 0.15) is 28.4 Å². The normalized spacial score (nSPS) is 15.6. The summed E-state index contributed by atoms with van der Waals surface area (Å²) in [6, 6.07) is 7.82. The Hall–Kier alpha value is -1.84. The van der Waals surface area contributed by atoms with Gasteiger partial charge < -0.3 is 5.32 Å². The van der Waals surface area contributed by atoms with Gasteiger partial charge in [-0.25, -0.2) is 8.42 Å². The van der Waals surface area contributed by atoms with Gasteiger partial charge in [0.25, 0.3) is 15.9 Å². The molecule has 3 rings (SSSR count). The second kappa shape index (κ2) is 8.45. The monoisotopic (exact) mass is 408 g/mol. The summed E-state index contributed by atoms with van der Waals surface area (Å²) in [6.45, 7) is 5.55. The molecule has 0 atom stereocenters. The van der Waals surface area contributed by atoms with E-state index < -0.39 is 15.9 Å². The number of nitrogens with one attached hydrogen (secondary N) is 1. The summed E-state index contributed by atoms with van der Waals surface area (Å²) in [4.78, 5) is 12.7. The lowest BCUT2D eigenvalue weighted by Crippen LogP contribution is -2.39. The molecular weight excluding hydrogens is 384 g/mol. The number of rotatable bonds is 6. The summed E-state index contributed by atoms with van der Waals surface area (Å²) < 4.78 is 28.9. The fourth-order valence-corrected chi connectivity index (χ4v) is 5.48.